The van der Waals surface area contributed by atoms with Gasteiger partial charge in [0, 0.05) is 6.20 Å². The molecule has 0 aliphatic rings. The summed E-state index contributed by atoms with van der Waals surface area (Å²) in [7, 11) is -2.94. The Morgan fingerprint density at radius 3 is 2.67 bits per heavy atom. The molecular weight excluding hydrogens is 392 g/mol. The number of pyridine rings is 1. The molecule has 1 aromatic carbocycles. The third kappa shape index (κ3) is 3.96. The number of ether oxygens (including phenoxy) is 1. The third-order valence-electron chi connectivity index (χ3n) is 3.70. The van der Waals surface area contributed by atoms with Crippen LogP contribution in [0.5, 0.6) is 0 Å². The molecule has 3 rings (SSSR count). The molecule has 2 heterocycles. The highest BCUT2D eigenvalue weighted by molar-refractivity contribution is 7.93. The van der Waals surface area contributed by atoms with Gasteiger partial charge in [-0.05, 0) is 42.5 Å². The van der Waals surface area contributed by atoms with Crippen LogP contribution in [0.2, 0.25) is 5.02 Å². The van der Waals surface area contributed by atoms with Crippen molar-refractivity contribution >= 4 is 33.4 Å². The number of methoxy groups -OCH3 is 1. The number of nitrogens with zero attached hydrogens (tertiary/aromatic N) is 2. The predicted octanol–water partition coefficient (Wildman–Crippen LogP) is 3.51. The first kappa shape index (κ1) is 18.9. The molecule has 3 aromatic rings. The Hall–Kier alpha value is -2.84. The summed E-state index contributed by atoms with van der Waals surface area (Å²) in [6.45, 7) is -0.0921. The molecule has 0 spiro atoms. The van der Waals surface area contributed by atoms with Crippen molar-refractivity contribution < 1.29 is 22.4 Å². The van der Waals surface area contributed by atoms with E-state index in [0.29, 0.717) is 5.76 Å². The van der Waals surface area contributed by atoms with Crippen LogP contribution in [0.1, 0.15) is 16.1 Å². The number of carbonyl (C=O) groups is 1. The second kappa shape index (κ2) is 7.81. The highest BCUT2D eigenvalue weighted by Gasteiger charge is 2.30. The number of benzene rings is 1. The van der Waals surface area contributed by atoms with Crippen LogP contribution >= 0.6 is 11.6 Å². The van der Waals surface area contributed by atoms with Gasteiger partial charge >= 0.3 is 5.97 Å². The molecule has 0 radical (unpaired) electrons. The lowest BCUT2D eigenvalue weighted by Gasteiger charge is -2.23. The number of furan rings is 1. The summed E-state index contributed by atoms with van der Waals surface area (Å²) in [5.41, 5.74) is 0.0689. The number of hydrogen-bond acceptors (Lipinski definition) is 6. The summed E-state index contributed by atoms with van der Waals surface area (Å²) in [6, 6.07) is 12.1. The van der Waals surface area contributed by atoms with Crippen LogP contribution < -0.4 is 4.31 Å². The predicted molar refractivity (Wildman–Crippen MR) is 99.1 cm³/mol. The molecule has 2 aromatic heterocycles. The maximum absolute atomic E-state index is 13.4. The van der Waals surface area contributed by atoms with Crippen LogP contribution in [0.4, 0.5) is 5.82 Å². The van der Waals surface area contributed by atoms with E-state index < -0.39 is 16.0 Å². The van der Waals surface area contributed by atoms with Gasteiger partial charge in [0.2, 0.25) is 0 Å². The van der Waals surface area contributed by atoms with Gasteiger partial charge in [0.25, 0.3) is 10.0 Å². The molecule has 9 heteroatoms. The lowest BCUT2D eigenvalue weighted by Crippen LogP contribution is -2.31. The Morgan fingerprint density at radius 2 is 2.04 bits per heavy atom. The van der Waals surface area contributed by atoms with Crippen molar-refractivity contribution in [3.63, 3.8) is 0 Å². The van der Waals surface area contributed by atoms with Gasteiger partial charge in [0.1, 0.15) is 16.5 Å². The minimum absolute atomic E-state index is 0.0250. The Labute approximate surface area is 161 Å². The molecule has 0 unspecified atom stereocenters. The van der Waals surface area contributed by atoms with E-state index in [-0.39, 0.29) is 27.8 Å². The summed E-state index contributed by atoms with van der Waals surface area (Å²) in [5, 5.41) is -0.0250. The van der Waals surface area contributed by atoms with Crippen LogP contribution in [0, 0.1) is 0 Å². The molecule has 0 saturated heterocycles. The monoisotopic (exact) mass is 406 g/mol. The molecule has 140 valence electrons. The van der Waals surface area contributed by atoms with E-state index in [1.165, 1.54) is 37.8 Å². The topological polar surface area (TPSA) is 89.7 Å². The van der Waals surface area contributed by atoms with E-state index in [0.717, 1.165) is 4.31 Å². The normalized spacial score (nSPS) is 11.2. The van der Waals surface area contributed by atoms with Crippen molar-refractivity contribution in [3.05, 3.63) is 77.3 Å². The summed E-state index contributed by atoms with van der Waals surface area (Å²) in [6.07, 6.45) is 2.93. The average molecular weight is 407 g/mol. The van der Waals surface area contributed by atoms with Crippen molar-refractivity contribution in [2.75, 3.05) is 11.4 Å². The largest absolute Gasteiger partial charge is 0.467 e. The fourth-order valence-electron chi connectivity index (χ4n) is 2.40. The molecule has 0 N–H and O–H groups in total. The Bertz CT molecular complexity index is 1040. The second-order valence-electron chi connectivity index (χ2n) is 5.42. The molecule has 27 heavy (non-hydrogen) atoms. The number of rotatable bonds is 6. The SMILES string of the molecule is COC(=O)c1ccc(Cl)c(S(=O)(=O)N(Cc2ccco2)c2ccccn2)c1. The first-order valence-corrected chi connectivity index (χ1v) is 9.59. The van der Waals surface area contributed by atoms with E-state index in [1.54, 1.807) is 30.3 Å². The smallest absolute Gasteiger partial charge is 0.337 e. The fraction of sp³-hybridized carbons (Fsp3) is 0.111. The highest BCUT2D eigenvalue weighted by atomic mass is 35.5. The molecular formula is C18H15ClN2O5S. The zero-order valence-corrected chi connectivity index (χ0v) is 15.8. The molecule has 0 bridgehead atoms. The number of halogens is 1. The van der Waals surface area contributed by atoms with Crippen LogP contribution in [0.25, 0.3) is 0 Å². The van der Waals surface area contributed by atoms with Gasteiger partial charge in [-0.25, -0.2) is 22.5 Å². The third-order valence-corrected chi connectivity index (χ3v) is 5.94. The summed E-state index contributed by atoms with van der Waals surface area (Å²) >= 11 is 6.14. The Morgan fingerprint density at radius 1 is 1.22 bits per heavy atom. The van der Waals surface area contributed by atoms with Crippen molar-refractivity contribution in [2.24, 2.45) is 0 Å². The van der Waals surface area contributed by atoms with Crippen molar-refractivity contribution in [2.45, 2.75) is 11.4 Å². The summed E-state index contributed by atoms with van der Waals surface area (Å²) in [4.78, 5) is 15.7. The lowest BCUT2D eigenvalue weighted by atomic mass is 10.2. The van der Waals surface area contributed by atoms with Gasteiger partial charge in [-0.15, -0.1) is 0 Å². The minimum atomic E-state index is -4.15. The van der Waals surface area contributed by atoms with Crippen molar-refractivity contribution in [1.82, 2.24) is 4.98 Å². The molecule has 0 saturated carbocycles. The quantitative estimate of drug-likeness (QED) is 0.582. The van der Waals surface area contributed by atoms with Gasteiger partial charge in [0.05, 0.1) is 30.5 Å². The molecule has 0 fully saturated rings. The first-order chi connectivity index (χ1) is 12.9. The maximum atomic E-state index is 13.4. The number of anilines is 1. The molecule has 0 aliphatic carbocycles. The zero-order chi connectivity index (χ0) is 19.4. The Balaban J connectivity index is 2.12. The standard InChI is InChI=1S/C18H15ClN2O5S/c1-25-18(22)13-7-8-15(19)16(11-13)27(23,24)21(12-14-5-4-10-26-14)17-6-2-3-9-20-17/h2-11H,12H2,1H3. The number of aromatic nitrogens is 1. The second-order valence-corrected chi connectivity index (χ2v) is 7.65. The van der Waals surface area contributed by atoms with Crippen LogP contribution in [-0.4, -0.2) is 26.5 Å². The van der Waals surface area contributed by atoms with E-state index in [9.17, 15) is 13.2 Å². The summed E-state index contributed by atoms with van der Waals surface area (Å²) in [5.74, 6) is -0.0588. The van der Waals surface area contributed by atoms with Gasteiger partial charge < -0.3 is 9.15 Å². The van der Waals surface area contributed by atoms with Gasteiger partial charge in [0.15, 0.2) is 0 Å². The van der Waals surface area contributed by atoms with Gasteiger partial charge in [-0.1, -0.05) is 17.7 Å². The maximum Gasteiger partial charge on any atom is 0.337 e. The summed E-state index contributed by atoms with van der Waals surface area (Å²) < 4.78 is 37.7. The molecule has 7 nitrogen and oxygen atoms in total. The van der Waals surface area contributed by atoms with E-state index >= 15 is 0 Å². The Kier molecular flexibility index (Phi) is 5.48. The number of esters is 1. The number of sulfonamides is 1. The van der Waals surface area contributed by atoms with E-state index in [4.69, 9.17) is 16.0 Å². The fourth-order valence-corrected chi connectivity index (χ4v) is 4.29. The van der Waals surface area contributed by atoms with E-state index in [2.05, 4.69) is 9.72 Å². The number of carbonyl (C=O) groups excluding carboxylic acids is 1. The van der Waals surface area contributed by atoms with Gasteiger partial charge in [-0.2, -0.15) is 0 Å². The van der Waals surface area contributed by atoms with Crippen LogP contribution in [-0.2, 0) is 21.3 Å². The minimum Gasteiger partial charge on any atom is -0.467 e. The molecule has 0 amide bonds. The first-order valence-electron chi connectivity index (χ1n) is 7.77. The van der Waals surface area contributed by atoms with Crippen LogP contribution in [0.3, 0.4) is 0 Å². The van der Waals surface area contributed by atoms with Gasteiger partial charge in [-0.3, -0.25) is 0 Å². The average Bonchev–Trinajstić information content (AvgIpc) is 3.19. The zero-order valence-electron chi connectivity index (χ0n) is 14.2. The molecule has 0 atom stereocenters. The van der Waals surface area contributed by atoms with E-state index in [1.807, 2.05) is 0 Å². The lowest BCUT2D eigenvalue weighted by molar-refractivity contribution is 0.0600. The van der Waals surface area contributed by atoms with Crippen molar-refractivity contribution in [3.8, 4) is 0 Å². The van der Waals surface area contributed by atoms with Crippen LogP contribution in [0.15, 0.2) is 70.3 Å². The van der Waals surface area contributed by atoms with Crippen molar-refractivity contribution in [1.29, 1.82) is 0 Å². The molecule has 0 aliphatic heterocycles. The number of hydrogen-bond donors (Lipinski definition) is 0. The highest BCUT2D eigenvalue weighted by Crippen LogP contribution is 2.30.